The van der Waals surface area contributed by atoms with E-state index in [0.29, 0.717) is 11.1 Å². The molecule has 0 saturated carbocycles. The van der Waals surface area contributed by atoms with Gasteiger partial charge in [-0.1, -0.05) is 37.3 Å². The number of anilines is 1. The molecule has 0 unspecified atom stereocenters. The van der Waals surface area contributed by atoms with Gasteiger partial charge in [-0.15, -0.1) is 0 Å². The number of carbonyl (C=O) groups is 2. The zero-order valence-electron chi connectivity index (χ0n) is 16.8. The molecule has 1 amide bonds. The second-order valence-electron chi connectivity index (χ2n) is 6.73. The van der Waals surface area contributed by atoms with Crippen molar-refractivity contribution < 1.29 is 19.4 Å². The van der Waals surface area contributed by atoms with E-state index in [1.54, 1.807) is 36.4 Å². The van der Waals surface area contributed by atoms with Crippen LogP contribution >= 0.6 is 0 Å². The van der Waals surface area contributed by atoms with E-state index >= 15 is 0 Å². The number of hydrogen-bond acceptors (Lipinski definition) is 6. The molecule has 0 aliphatic carbocycles. The van der Waals surface area contributed by atoms with Crippen LogP contribution in [0.25, 0.3) is 10.8 Å². The first-order valence-corrected chi connectivity index (χ1v) is 9.66. The largest absolute Gasteiger partial charge is 0.448 e. The summed E-state index contributed by atoms with van der Waals surface area (Å²) < 4.78 is 6.32. The molecule has 1 atom stereocenters. The van der Waals surface area contributed by atoms with E-state index in [-0.39, 0.29) is 24.2 Å². The first kappa shape index (κ1) is 21.2. The van der Waals surface area contributed by atoms with E-state index in [1.165, 1.54) is 6.92 Å². The first-order valence-electron chi connectivity index (χ1n) is 9.66. The molecule has 0 saturated heterocycles. The van der Waals surface area contributed by atoms with Crippen molar-refractivity contribution in [2.24, 2.45) is 0 Å². The number of esters is 1. The number of hydrogen-bond donors (Lipinski definition) is 2. The number of aliphatic hydroxyl groups is 1. The second kappa shape index (κ2) is 9.32. The van der Waals surface area contributed by atoms with Gasteiger partial charge in [-0.05, 0) is 37.1 Å². The van der Waals surface area contributed by atoms with Gasteiger partial charge in [-0.25, -0.2) is 9.48 Å². The van der Waals surface area contributed by atoms with Gasteiger partial charge in [0, 0.05) is 11.1 Å². The standard InChI is InChI=1S/C22H23N3O5/c1-3-15-8-10-16(11-9-15)23-20(27)14(2)30-22(29)19-17-6-4-5-7-18(17)21(28)25(24-19)12-13-26/h4-11,14,26H,3,12-13H2,1-2H3,(H,23,27)/t14-/m1/s1. The minimum Gasteiger partial charge on any atom is -0.448 e. The second-order valence-corrected chi connectivity index (χ2v) is 6.73. The SMILES string of the molecule is CCc1ccc(NC(=O)[C@@H](C)OC(=O)c2nn(CCO)c(=O)c3ccccc23)cc1. The van der Waals surface area contributed by atoms with E-state index in [1.807, 2.05) is 19.1 Å². The summed E-state index contributed by atoms with van der Waals surface area (Å²) in [5, 5.41) is 16.5. The van der Waals surface area contributed by atoms with Crippen LogP contribution in [0.2, 0.25) is 0 Å². The van der Waals surface area contributed by atoms with Gasteiger partial charge in [0.2, 0.25) is 0 Å². The average Bonchev–Trinajstić information content (AvgIpc) is 2.76. The fourth-order valence-electron chi connectivity index (χ4n) is 2.97. The lowest BCUT2D eigenvalue weighted by Gasteiger charge is -2.15. The fourth-order valence-corrected chi connectivity index (χ4v) is 2.97. The highest BCUT2D eigenvalue weighted by molar-refractivity contribution is 6.03. The zero-order valence-corrected chi connectivity index (χ0v) is 16.8. The molecule has 0 bridgehead atoms. The van der Waals surface area contributed by atoms with Crippen molar-refractivity contribution in [3.8, 4) is 0 Å². The lowest BCUT2D eigenvalue weighted by Crippen LogP contribution is -2.32. The number of nitrogens with one attached hydrogen (secondary N) is 1. The number of carbonyl (C=O) groups excluding carboxylic acids is 2. The summed E-state index contributed by atoms with van der Waals surface area (Å²) in [7, 11) is 0. The van der Waals surface area contributed by atoms with Crippen LogP contribution in [-0.2, 0) is 22.5 Å². The van der Waals surface area contributed by atoms with Gasteiger partial charge in [0.15, 0.2) is 11.8 Å². The summed E-state index contributed by atoms with van der Waals surface area (Å²) in [5.74, 6) is -1.32. The van der Waals surface area contributed by atoms with E-state index in [0.717, 1.165) is 16.7 Å². The Bertz CT molecular complexity index is 1120. The number of rotatable bonds is 7. The average molecular weight is 409 g/mol. The van der Waals surface area contributed by atoms with Crippen molar-refractivity contribution >= 4 is 28.3 Å². The van der Waals surface area contributed by atoms with Crippen molar-refractivity contribution in [2.45, 2.75) is 32.9 Å². The van der Waals surface area contributed by atoms with Crippen LogP contribution in [0.1, 0.15) is 29.9 Å². The Kier molecular flexibility index (Phi) is 6.58. The molecule has 1 aromatic heterocycles. The highest BCUT2D eigenvalue weighted by Crippen LogP contribution is 2.16. The van der Waals surface area contributed by atoms with Crippen LogP contribution in [0.15, 0.2) is 53.3 Å². The van der Waals surface area contributed by atoms with Crippen molar-refractivity contribution in [3.05, 3.63) is 70.1 Å². The van der Waals surface area contributed by atoms with Crippen molar-refractivity contribution in [1.29, 1.82) is 0 Å². The first-order chi connectivity index (χ1) is 14.4. The highest BCUT2D eigenvalue weighted by atomic mass is 16.5. The Morgan fingerprint density at radius 2 is 1.80 bits per heavy atom. The maximum atomic E-state index is 12.7. The van der Waals surface area contributed by atoms with Gasteiger partial charge in [0.1, 0.15) is 0 Å². The van der Waals surface area contributed by atoms with Crippen LogP contribution < -0.4 is 10.9 Å². The quantitative estimate of drug-likeness (QED) is 0.579. The molecule has 0 fully saturated rings. The molecule has 8 nitrogen and oxygen atoms in total. The van der Waals surface area contributed by atoms with E-state index in [9.17, 15) is 14.4 Å². The normalized spacial score (nSPS) is 11.8. The summed E-state index contributed by atoms with van der Waals surface area (Å²) >= 11 is 0. The maximum absolute atomic E-state index is 12.7. The lowest BCUT2D eigenvalue weighted by molar-refractivity contribution is -0.123. The third-order valence-electron chi connectivity index (χ3n) is 4.66. The molecule has 2 aromatic carbocycles. The Labute approximate surface area is 173 Å². The molecular formula is C22H23N3O5. The number of benzene rings is 2. The van der Waals surface area contributed by atoms with Gasteiger partial charge < -0.3 is 15.2 Å². The van der Waals surface area contributed by atoms with E-state index in [4.69, 9.17) is 9.84 Å². The van der Waals surface area contributed by atoms with E-state index < -0.39 is 23.5 Å². The summed E-state index contributed by atoms with van der Waals surface area (Å²) in [4.78, 5) is 37.6. The number of aromatic nitrogens is 2. The number of ether oxygens (including phenoxy) is 1. The molecular weight excluding hydrogens is 386 g/mol. The van der Waals surface area contributed by atoms with Gasteiger partial charge in [-0.2, -0.15) is 5.10 Å². The summed E-state index contributed by atoms with van der Waals surface area (Å²) in [6, 6.07) is 13.9. The molecule has 30 heavy (non-hydrogen) atoms. The summed E-state index contributed by atoms with van der Waals surface area (Å²) in [6.07, 6.45) is -0.191. The molecule has 0 aliphatic heterocycles. The van der Waals surface area contributed by atoms with Gasteiger partial charge in [-0.3, -0.25) is 9.59 Å². The summed E-state index contributed by atoms with van der Waals surface area (Å²) in [6.45, 7) is 3.12. The van der Waals surface area contributed by atoms with Crippen LogP contribution in [0.4, 0.5) is 5.69 Å². The molecule has 1 heterocycles. The van der Waals surface area contributed by atoms with Gasteiger partial charge >= 0.3 is 5.97 Å². The smallest absolute Gasteiger partial charge is 0.360 e. The number of aryl methyl sites for hydroxylation is 1. The molecule has 8 heteroatoms. The maximum Gasteiger partial charge on any atom is 0.360 e. The molecule has 0 spiro atoms. The minimum absolute atomic E-state index is 0.0618. The summed E-state index contributed by atoms with van der Waals surface area (Å²) in [5.41, 5.74) is 1.23. The van der Waals surface area contributed by atoms with Crippen molar-refractivity contribution in [2.75, 3.05) is 11.9 Å². The number of amides is 1. The van der Waals surface area contributed by atoms with Gasteiger partial charge in [0.05, 0.1) is 18.5 Å². The Morgan fingerprint density at radius 1 is 1.13 bits per heavy atom. The van der Waals surface area contributed by atoms with Crippen molar-refractivity contribution in [3.63, 3.8) is 0 Å². The third-order valence-corrected chi connectivity index (χ3v) is 4.66. The third kappa shape index (κ3) is 4.55. The number of fused-ring (bicyclic) bond motifs is 1. The fraction of sp³-hybridized carbons (Fsp3) is 0.273. The molecule has 3 aromatic rings. The highest BCUT2D eigenvalue weighted by Gasteiger charge is 2.23. The Morgan fingerprint density at radius 3 is 2.43 bits per heavy atom. The van der Waals surface area contributed by atoms with Crippen LogP contribution in [0.3, 0.4) is 0 Å². The minimum atomic E-state index is -1.08. The van der Waals surface area contributed by atoms with Gasteiger partial charge in [0.25, 0.3) is 11.5 Å². The molecule has 0 radical (unpaired) electrons. The lowest BCUT2D eigenvalue weighted by atomic mass is 10.1. The van der Waals surface area contributed by atoms with Crippen LogP contribution in [0.5, 0.6) is 0 Å². The molecule has 2 N–H and O–H groups in total. The molecule has 0 aliphatic rings. The van der Waals surface area contributed by atoms with Crippen molar-refractivity contribution in [1.82, 2.24) is 9.78 Å². The predicted molar refractivity (Wildman–Crippen MR) is 112 cm³/mol. The zero-order chi connectivity index (χ0) is 21.7. The Balaban J connectivity index is 1.80. The predicted octanol–water partition coefficient (Wildman–Crippen LogP) is 2.14. The molecule has 3 rings (SSSR count). The van der Waals surface area contributed by atoms with Crippen LogP contribution in [0, 0.1) is 0 Å². The van der Waals surface area contributed by atoms with Crippen LogP contribution in [-0.4, -0.2) is 39.5 Å². The topological polar surface area (TPSA) is 111 Å². The Hall–Kier alpha value is -3.52. The molecule has 156 valence electrons. The number of nitrogens with zero attached hydrogens (tertiary/aromatic N) is 2. The monoisotopic (exact) mass is 409 g/mol. The van der Waals surface area contributed by atoms with E-state index in [2.05, 4.69) is 10.4 Å². The number of aliphatic hydroxyl groups excluding tert-OH is 1.